The third-order valence-electron chi connectivity index (χ3n) is 2.55. The molecule has 15 heavy (non-hydrogen) atoms. The number of nitro benzene ring substituents is 1. The van der Waals surface area contributed by atoms with E-state index in [0.717, 1.165) is 12.0 Å². The molecule has 2 N–H and O–H groups in total. The second-order valence-electron chi connectivity index (χ2n) is 3.60. The highest BCUT2D eigenvalue weighted by Gasteiger charge is 2.27. The Bertz CT molecular complexity index is 381. The Hall–Kier alpha value is -1.46. The molecule has 80 valence electrons. The van der Waals surface area contributed by atoms with Crippen molar-refractivity contribution < 1.29 is 9.66 Å². The molecule has 1 aromatic rings. The summed E-state index contributed by atoms with van der Waals surface area (Å²) in [5, 5.41) is 10.6. The van der Waals surface area contributed by atoms with Gasteiger partial charge >= 0.3 is 0 Å². The standard InChI is InChI=1S/C10H12N2O3/c11-9-4-5-15-10(9)7-2-1-3-8(6-7)12(13)14/h1-3,6,9-10H,4-5,11H2. The first kappa shape index (κ1) is 10.1. The van der Waals surface area contributed by atoms with Crippen LogP contribution in [0.25, 0.3) is 0 Å². The quantitative estimate of drug-likeness (QED) is 0.588. The molecule has 0 amide bonds. The fraction of sp³-hybridized carbons (Fsp3) is 0.400. The molecule has 0 aliphatic carbocycles. The van der Waals surface area contributed by atoms with E-state index in [1.165, 1.54) is 12.1 Å². The van der Waals surface area contributed by atoms with Gasteiger partial charge in [0.25, 0.3) is 5.69 Å². The molecular weight excluding hydrogens is 196 g/mol. The maximum atomic E-state index is 10.6. The van der Waals surface area contributed by atoms with Crippen LogP contribution in [0.15, 0.2) is 24.3 Å². The summed E-state index contributed by atoms with van der Waals surface area (Å²) in [5.41, 5.74) is 6.71. The fourth-order valence-corrected chi connectivity index (χ4v) is 1.76. The maximum Gasteiger partial charge on any atom is 0.269 e. The molecule has 0 radical (unpaired) electrons. The molecule has 2 unspecified atom stereocenters. The minimum atomic E-state index is -0.413. The van der Waals surface area contributed by atoms with Crippen LogP contribution in [0.1, 0.15) is 18.1 Å². The number of nitro groups is 1. The Labute approximate surface area is 87.0 Å². The van der Waals surface area contributed by atoms with Gasteiger partial charge in [0.1, 0.15) is 0 Å². The van der Waals surface area contributed by atoms with Crippen LogP contribution < -0.4 is 5.73 Å². The molecule has 1 aromatic carbocycles. The van der Waals surface area contributed by atoms with E-state index in [0.29, 0.717) is 6.61 Å². The fourth-order valence-electron chi connectivity index (χ4n) is 1.76. The zero-order chi connectivity index (χ0) is 10.8. The first-order valence-corrected chi connectivity index (χ1v) is 4.80. The highest BCUT2D eigenvalue weighted by atomic mass is 16.6. The Morgan fingerprint density at radius 2 is 2.33 bits per heavy atom. The predicted octanol–water partition coefficient (Wildman–Crippen LogP) is 1.38. The molecule has 1 saturated heterocycles. The van der Waals surface area contributed by atoms with Gasteiger partial charge in [-0.3, -0.25) is 10.1 Å². The van der Waals surface area contributed by atoms with E-state index in [-0.39, 0.29) is 17.8 Å². The summed E-state index contributed by atoms with van der Waals surface area (Å²) in [5.74, 6) is 0. The molecule has 0 aromatic heterocycles. The lowest BCUT2D eigenvalue weighted by Gasteiger charge is -2.14. The average molecular weight is 208 g/mol. The molecule has 1 fully saturated rings. The molecule has 1 aliphatic rings. The first-order valence-electron chi connectivity index (χ1n) is 4.80. The van der Waals surface area contributed by atoms with Crippen LogP contribution in [0.3, 0.4) is 0 Å². The Balaban J connectivity index is 2.28. The lowest BCUT2D eigenvalue weighted by molar-refractivity contribution is -0.385. The van der Waals surface area contributed by atoms with Crippen LogP contribution in [-0.4, -0.2) is 17.6 Å². The summed E-state index contributed by atoms with van der Waals surface area (Å²) in [6.07, 6.45) is 0.595. The summed E-state index contributed by atoms with van der Waals surface area (Å²) in [6.45, 7) is 0.620. The van der Waals surface area contributed by atoms with Crippen molar-refractivity contribution in [3.63, 3.8) is 0 Å². The molecule has 2 atom stereocenters. The average Bonchev–Trinajstić information content (AvgIpc) is 2.64. The van der Waals surface area contributed by atoms with E-state index in [4.69, 9.17) is 10.5 Å². The van der Waals surface area contributed by atoms with Gasteiger partial charge in [-0.05, 0) is 12.0 Å². The Kier molecular flexibility index (Phi) is 2.66. The van der Waals surface area contributed by atoms with Crippen LogP contribution in [0, 0.1) is 10.1 Å². The number of nitrogens with zero attached hydrogens (tertiary/aromatic N) is 1. The minimum Gasteiger partial charge on any atom is -0.372 e. The number of benzene rings is 1. The summed E-state index contributed by atoms with van der Waals surface area (Å²) < 4.78 is 5.44. The molecule has 5 heteroatoms. The lowest BCUT2D eigenvalue weighted by atomic mass is 10.0. The van der Waals surface area contributed by atoms with Crippen LogP contribution in [0.4, 0.5) is 5.69 Å². The lowest BCUT2D eigenvalue weighted by Crippen LogP contribution is -2.23. The van der Waals surface area contributed by atoms with Gasteiger partial charge in [0.05, 0.1) is 11.0 Å². The molecule has 0 bridgehead atoms. The molecule has 1 aliphatic heterocycles. The van der Waals surface area contributed by atoms with Crippen molar-refractivity contribution in [1.29, 1.82) is 0 Å². The van der Waals surface area contributed by atoms with Crippen molar-refractivity contribution in [2.24, 2.45) is 5.73 Å². The highest BCUT2D eigenvalue weighted by molar-refractivity contribution is 5.36. The number of hydrogen-bond acceptors (Lipinski definition) is 4. The zero-order valence-corrected chi connectivity index (χ0v) is 8.13. The second-order valence-corrected chi connectivity index (χ2v) is 3.60. The number of ether oxygens (including phenoxy) is 1. The van der Waals surface area contributed by atoms with E-state index in [1.807, 2.05) is 6.07 Å². The van der Waals surface area contributed by atoms with Crippen molar-refractivity contribution in [3.05, 3.63) is 39.9 Å². The molecule has 2 rings (SSSR count). The van der Waals surface area contributed by atoms with Gasteiger partial charge in [-0.1, -0.05) is 12.1 Å². The van der Waals surface area contributed by atoms with E-state index in [2.05, 4.69) is 0 Å². The van der Waals surface area contributed by atoms with E-state index in [9.17, 15) is 10.1 Å². The summed E-state index contributed by atoms with van der Waals surface area (Å²) in [7, 11) is 0. The van der Waals surface area contributed by atoms with Crippen LogP contribution in [-0.2, 0) is 4.74 Å². The highest BCUT2D eigenvalue weighted by Crippen LogP contribution is 2.29. The van der Waals surface area contributed by atoms with Crippen molar-refractivity contribution in [2.45, 2.75) is 18.6 Å². The van der Waals surface area contributed by atoms with Gasteiger partial charge in [-0.2, -0.15) is 0 Å². The first-order chi connectivity index (χ1) is 7.18. The van der Waals surface area contributed by atoms with E-state index in [1.54, 1.807) is 6.07 Å². The minimum absolute atomic E-state index is 0.0630. The van der Waals surface area contributed by atoms with Gasteiger partial charge in [0, 0.05) is 24.8 Å². The SMILES string of the molecule is NC1CCOC1c1cccc([N+](=O)[O-])c1. The van der Waals surface area contributed by atoms with Crippen LogP contribution >= 0.6 is 0 Å². The van der Waals surface area contributed by atoms with Crippen molar-refractivity contribution >= 4 is 5.69 Å². The van der Waals surface area contributed by atoms with Crippen molar-refractivity contribution in [1.82, 2.24) is 0 Å². The second kappa shape index (κ2) is 3.96. The van der Waals surface area contributed by atoms with Gasteiger partial charge in [-0.25, -0.2) is 0 Å². The van der Waals surface area contributed by atoms with Crippen LogP contribution in [0.2, 0.25) is 0 Å². The van der Waals surface area contributed by atoms with Gasteiger partial charge < -0.3 is 10.5 Å². The van der Waals surface area contributed by atoms with E-state index < -0.39 is 4.92 Å². The summed E-state index contributed by atoms with van der Waals surface area (Å²) in [6, 6.07) is 6.39. The van der Waals surface area contributed by atoms with Gasteiger partial charge in [0.2, 0.25) is 0 Å². The third-order valence-corrected chi connectivity index (χ3v) is 2.55. The molecular formula is C10H12N2O3. The molecule has 0 saturated carbocycles. The molecule has 1 heterocycles. The normalized spacial score (nSPS) is 25.4. The third kappa shape index (κ3) is 1.98. The number of hydrogen-bond donors (Lipinski definition) is 1. The van der Waals surface area contributed by atoms with Crippen LogP contribution in [0.5, 0.6) is 0 Å². The Morgan fingerprint density at radius 1 is 1.53 bits per heavy atom. The largest absolute Gasteiger partial charge is 0.372 e. The zero-order valence-electron chi connectivity index (χ0n) is 8.13. The predicted molar refractivity (Wildman–Crippen MR) is 54.4 cm³/mol. The molecule has 5 nitrogen and oxygen atoms in total. The van der Waals surface area contributed by atoms with Gasteiger partial charge in [0.15, 0.2) is 0 Å². The van der Waals surface area contributed by atoms with Crippen molar-refractivity contribution in [2.75, 3.05) is 6.61 Å². The number of rotatable bonds is 2. The summed E-state index contributed by atoms with van der Waals surface area (Å²) in [4.78, 5) is 10.2. The smallest absolute Gasteiger partial charge is 0.269 e. The maximum absolute atomic E-state index is 10.6. The molecule has 0 spiro atoms. The van der Waals surface area contributed by atoms with Crippen molar-refractivity contribution in [3.8, 4) is 0 Å². The van der Waals surface area contributed by atoms with E-state index >= 15 is 0 Å². The number of non-ortho nitro benzene ring substituents is 1. The topological polar surface area (TPSA) is 78.4 Å². The monoisotopic (exact) mass is 208 g/mol. The summed E-state index contributed by atoms with van der Waals surface area (Å²) >= 11 is 0. The Morgan fingerprint density at radius 3 is 2.93 bits per heavy atom. The van der Waals surface area contributed by atoms with Gasteiger partial charge in [-0.15, -0.1) is 0 Å². The number of nitrogens with two attached hydrogens (primary N) is 1.